The van der Waals surface area contributed by atoms with Crippen molar-refractivity contribution in [2.24, 2.45) is 5.92 Å². The Morgan fingerprint density at radius 1 is 1.17 bits per heavy atom. The highest BCUT2D eigenvalue weighted by Gasteiger charge is 2.26. The van der Waals surface area contributed by atoms with E-state index in [9.17, 15) is 13.2 Å². The minimum absolute atomic E-state index is 0.0502. The van der Waals surface area contributed by atoms with Crippen molar-refractivity contribution >= 4 is 16.1 Å². The molecule has 0 unspecified atom stereocenters. The van der Waals surface area contributed by atoms with Gasteiger partial charge in [0, 0.05) is 12.6 Å². The van der Waals surface area contributed by atoms with Crippen molar-refractivity contribution in [2.75, 3.05) is 5.75 Å². The molecule has 0 spiro atoms. The third-order valence-electron chi connectivity index (χ3n) is 3.24. The van der Waals surface area contributed by atoms with Crippen LogP contribution < -0.4 is 10.0 Å². The van der Waals surface area contributed by atoms with Crippen LogP contribution in [-0.4, -0.2) is 31.9 Å². The summed E-state index contributed by atoms with van der Waals surface area (Å²) in [4.78, 5) is 11.9. The lowest BCUT2D eigenvalue weighted by molar-refractivity contribution is 0.0497. The van der Waals surface area contributed by atoms with Gasteiger partial charge in [0.1, 0.15) is 5.60 Å². The SMILES string of the molecule is CC(C)[C@@H](CS(=O)(=O)NCc1ccccc1)NC(=O)OC(C)(C)C. The van der Waals surface area contributed by atoms with Crippen LogP contribution in [0.2, 0.25) is 0 Å². The molecule has 7 heteroatoms. The van der Waals surface area contributed by atoms with Crippen molar-refractivity contribution in [3.8, 4) is 0 Å². The second kappa shape index (κ2) is 8.48. The number of ether oxygens (including phenoxy) is 1. The van der Waals surface area contributed by atoms with Crippen LogP contribution in [0.25, 0.3) is 0 Å². The Morgan fingerprint density at radius 2 is 1.75 bits per heavy atom. The van der Waals surface area contributed by atoms with E-state index in [0.717, 1.165) is 5.56 Å². The maximum absolute atomic E-state index is 12.3. The van der Waals surface area contributed by atoms with Crippen LogP contribution in [0.4, 0.5) is 4.79 Å². The molecule has 1 amide bonds. The number of carbonyl (C=O) groups is 1. The number of carbonyl (C=O) groups excluding carboxylic acids is 1. The first kappa shape index (κ1) is 20.4. The smallest absolute Gasteiger partial charge is 0.407 e. The number of nitrogens with one attached hydrogen (secondary N) is 2. The van der Waals surface area contributed by atoms with E-state index in [4.69, 9.17) is 4.74 Å². The molecule has 1 aromatic rings. The summed E-state index contributed by atoms with van der Waals surface area (Å²) in [5.41, 5.74) is 0.248. The van der Waals surface area contributed by atoms with Gasteiger partial charge in [-0.1, -0.05) is 44.2 Å². The molecule has 0 bridgehead atoms. The Morgan fingerprint density at radius 3 is 2.25 bits per heavy atom. The van der Waals surface area contributed by atoms with Gasteiger partial charge in [0.2, 0.25) is 10.0 Å². The lowest BCUT2D eigenvalue weighted by atomic mass is 10.1. The molecular weight excluding hydrogens is 328 g/mol. The molecule has 2 N–H and O–H groups in total. The monoisotopic (exact) mass is 356 g/mol. The van der Waals surface area contributed by atoms with E-state index in [1.54, 1.807) is 20.8 Å². The first-order valence-electron chi connectivity index (χ1n) is 7.99. The van der Waals surface area contributed by atoms with E-state index >= 15 is 0 Å². The average molecular weight is 356 g/mol. The molecule has 0 aromatic heterocycles. The van der Waals surface area contributed by atoms with Crippen LogP contribution in [0.5, 0.6) is 0 Å². The van der Waals surface area contributed by atoms with Gasteiger partial charge in [-0.05, 0) is 32.3 Å². The number of sulfonamides is 1. The molecule has 0 aliphatic heterocycles. The van der Waals surface area contributed by atoms with Gasteiger partial charge in [-0.2, -0.15) is 0 Å². The molecule has 0 fully saturated rings. The molecule has 0 heterocycles. The van der Waals surface area contributed by atoms with Crippen LogP contribution >= 0.6 is 0 Å². The zero-order chi connectivity index (χ0) is 18.4. The fourth-order valence-electron chi connectivity index (χ4n) is 1.94. The van der Waals surface area contributed by atoms with Gasteiger partial charge in [0.25, 0.3) is 0 Å². The molecule has 0 aliphatic carbocycles. The normalized spacial score (nSPS) is 13.6. The van der Waals surface area contributed by atoms with Crippen LogP contribution in [0.15, 0.2) is 30.3 Å². The summed E-state index contributed by atoms with van der Waals surface area (Å²) in [5, 5.41) is 2.65. The molecule has 0 saturated heterocycles. The Kier molecular flexibility index (Phi) is 7.23. The van der Waals surface area contributed by atoms with Crippen molar-refractivity contribution in [1.29, 1.82) is 0 Å². The quantitative estimate of drug-likeness (QED) is 0.786. The number of hydrogen-bond donors (Lipinski definition) is 2. The zero-order valence-electron chi connectivity index (χ0n) is 15.0. The molecule has 0 saturated carbocycles. The first-order valence-corrected chi connectivity index (χ1v) is 9.64. The lowest BCUT2D eigenvalue weighted by Gasteiger charge is -2.25. The van der Waals surface area contributed by atoms with Crippen LogP contribution in [-0.2, 0) is 21.3 Å². The Balaban J connectivity index is 2.64. The van der Waals surface area contributed by atoms with Gasteiger partial charge in [-0.3, -0.25) is 0 Å². The predicted molar refractivity (Wildman–Crippen MR) is 95.1 cm³/mol. The van der Waals surface area contributed by atoms with E-state index in [0.29, 0.717) is 0 Å². The summed E-state index contributed by atoms with van der Waals surface area (Å²) in [7, 11) is -3.53. The third kappa shape index (κ3) is 8.31. The maximum Gasteiger partial charge on any atom is 0.407 e. The predicted octanol–water partition coefficient (Wildman–Crippen LogP) is 2.66. The van der Waals surface area contributed by atoms with Gasteiger partial charge in [-0.15, -0.1) is 0 Å². The minimum Gasteiger partial charge on any atom is -0.444 e. The van der Waals surface area contributed by atoms with E-state index in [1.807, 2.05) is 44.2 Å². The van der Waals surface area contributed by atoms with Crippen molar-refractivity contribution in [3.63, 3.8) is 0 Å². The standard InChI is InChI=1S/C17H28N2O4S/c1-13(2)15(19-16(20)23-17(3,4)5)12-24(21,22)18-11-14-9-7-6-8-10-14/h6-10,13,15,18H,11-12H2,1-5H3,(H,19,20)/t15-/m1/s1. The summed E-state index contributed by atoms with van der Waals surface area (Å²) >= 11 is 0. The molecule has 6 nitrogen and oxygen atoms in total. The summed E-state index contributed by atoms with van der Waals surface area (Å²) in [5.74, 6) is -0.248. The van der Waals surface area contributed by atoms with Crippen LogP contribution in [0, 0.1) is 5.92 Å². The molecule has 24 heavy (non-hydrogen) atoms. The minimum atomic E-state index is -3.53. The average Bonchev–Trinajstić information content (AvgIpc) is 2.43. The van der Waals surface area contributed by atoms with Crippen molar-refractivity contribution < 1.29 is 17.9 Å². The topological polar surface area (TPSA) is 84.5 Å². The number of rotatable bonds is 7. The summed E-state index contributed by atoms with van der Waals surface area (Å²) in [6.45, 7) is 9.21. The third-order valence-corrected chi connectivity index (χ3v) is 4.63. The van der Waals surface area contributed by atoms with Crippen molar-refractivity contribution in [2.45, 2.75) is 52.8 Å². The highest BCUT2D eigenvalue weighted by Crippen LogP contribution is 2.10. The zero-order valence-corrected chi connectivity index (χ0v) is 15.8. The lowest BCUT2D eigenvalue weighted by Crippen LogP contribution is -2.47. The second-order valence-electron chi connectivity index (χ2n) is 7.08. The Labute approximate surface area is 145 Å². The van der Waals surface area contributed by atoms with Crippen LogP contribution in [0.1, 0.15) is 40.2 Å². The number of hydrogen-bond acceptors (Lipinski definition) is 4. The number of alkyl carbamates (subject to hydrolysis) is 1. The van der Waals surface area contributed by atoms with Gasteiger partial charge in [-0.25, -0.2) is 17.9 Å². The Bertz CT molecular complexity index is 622. The molecular formula is C17H28N2O4S. The maximum atomic E-state index is 12.3. The van der Waals surface area contributed by atoms with E-state index < -0.39 is 27.8 Å². The van der Waals surface area contributed by atoms with E-state index in [2.05, 4.69) is 10.0 Å². The largest absolute Gasteiger partial charge is 0.444 e. The summed E-state index contributed by atoms with van der Waals surface area (Å²) < 4.78 is 32.3. The molecule has 0 aliphatic rings. The molecule has 1 rings (SSSR count). The van der Waals surface area contributed by atoms with E-state index in [1.165, 1.54) is 0 Å². The first-order chi connectivity index (χ1) is 11.0. The molecule has 136 valence electrons. The Hall–Kier alpha value is -1.60. The molecule has 0 radical (unpaired) electrons. The van der Waals surface area contributed by atoms with Gasteiger partial charge >= 0.3 is 6.09 Å². The highest BCUT2D eigenvalue weighted by molar-refractivity contribution is 7.89. The van der Waals surface area contributed by atoms with Gasteiger partial charge < -0.3 is 10.1 Å². The molecule has 1 atom stereocenters. The summed E-state index contributed by atoms with van der Waals surface area (Å²) in [6, 6.07) is 8.74. The van der Waals surface area contributed by atoms with Crippen LogP contribution in [0.3, 0.4) is 0 Å². The highest BCUT2D eigenvalue weighted by atomic mass is 32.2. The fraction of sp³-hybridized carbons (Fsp3) is 0.588. The van der Waals surface area contributed by atoms with Gasteiger partial charge in [0.05, 0.1) is 5.75 Å². The number of amides is 1. The van der Waals surface area contributed by atoms with Crippen molar-refractivity contribution in [3.05, 3.63) is 35.9 Å². The fourth-order valence-corrected chi connectivity index (χ4v) is 3.39. The second-order valence-corrected chi connectivity index (χ2v) is 8.94. The van der Waals surface area contributed by atoms with Crippen molar-refractivity contribution in [1.82, 2.24) is 10.0 Å². The molecule has 1 aromatic carbocycles. The van der Waals surface area contributed by atoms with E-state index in [-0.39, 0.29) is 18.2 Å². The summed E-state index contributed by atoms with van der Waals surface area (Å²) in [6.07, 6.45) is -0.612. The number of benzene rings is 1. The van der Waals surface area contributed by atoms with Gasteiger partial charge in [0.15, 0.2) is 0 Å².